The van der Waals surface area contributed by atoms with Gasteiger partial charge in [0.1, 0.15) is 5.78 Å². The highest BCUT2D eigenvalue weighted by atomic mass is 16.6. The van der Waals surface area contributed by atoms with Crippen molar-refractivity contribution >= 4 is 23.1 Å². The van der Waals surface area contributed by atoms with Gasteiger partial charge in [-0.2, -0.15) is 0 Å². The Bertz CT molecular complexity index is 1130. The van der Waals surface area contributed by atoms with E-state index in [-0.39, 0.29) is 23.2 Å². The number of hydrogen-bond acceptors (Lipinski definition) is 6. The van der Waals surface area contributed by atoms with Gasteiger partial charge >= 0.3 is 5.97 Å². The molecule has 2 atom stereocenters. The van der Waals surface area contributed by atoms with Crippen molar-refractivity contribution in [2.75, 3.05) is 17.7 Å². The molecule has 0 amide bonds. The average molecular weight is 435 g/mol. The minimum atomic E-state index is -0.414. The number of methoxy groups -OCH3 is 1. The Morgan fingerprint density at radius 1 is 1.06 bits per heavy atom. The first-order chi connectivity index (χ1) is 15.1. The molecule has 0 radical (unpaired) electrons. The quantitative estimate of drug-likeness (QED) is 0.503. The smallest absolute Gasteiger partial charge is 0.308 e. The fourth-order valence-corrected chi connectivity index (χ4v) is 4.61. The molecule has 0 saturated carbocycles. The van der Waals surface area contributed by atoms with Crippen molar-refractivity contribution in [2.45, 2.75) is 47.1 Å². The van der Waals surface area contributed by atoms with E-state index in [9.17, 15) is 9.59 Å². The number of ether oxygens (including phenoxy) is 2. The van der Waals surface area contributed by atoms with Gasteiger partial charge in [0.05, 0.1) is 30.4 Å². The summed E-state index contributed by atoms with van der Waals surface area (Å²) in [4.78, 5) is 24.9. The Balaban J connectivity index is 1.86. The number of allylic oxidation sites excluding steroid dienone is 1. The number of Topliss-reactive ketones (excluding diaryl/α,β-unsaturated/α-hetero) is 1. The zero-order valence-electron chi connectivity index (χ0n) is 19.5. The van der Waals surface area contributed by atoms with E-state index in [1.54, 1.807) is 6.07 Å². The topological polar surface area (TPSA) is 76.7 Å². The molecule has 4 rings (SSSR count). The fraction of sp³-hybridized carbons (Fsp3) is 0.385. The first-order valence-electron chi connectivity index (χ1n) is 10.8. The van der Waals surface area contributed by atoms with Crippen LogP contribution in [0.15, 0.2) is 42.1 Å². The van der Waals surface area contributed by atoms with Gasteiger partial charge < -0.3 is 20.1 Å². The van der Waals surface area contributed by atoms with Gasteiger partial charge in [-0.05, 0) is 60.2 Å². The summed E-state index contributed by atoms with van der Waals surface area (Å²) in [6, 6.07) is 9.37. The molecule has 2 unspecified atom stereocenters. The molecule has 2 aromatic rings. The molecule has 0 aromatic heterocycles. The molecule has 6 heteroatoms. The van der Waals surface area contributed by atoms with E-state index < -0.39 is 5.97 Å². The lowest BCUT2D eigenvalue weighted by atomic mass is 9.72. The van der Waals surface area contributed by atoms with Crippen molar-refractivity contribution < 1.29 is 19.1 Å². The monoisotopic (exact) mass is 434 g/mol. The normalized spacial score (nSPS) is 21.2. The second kappa shape index (κ2) is 8.01. The molecule has 2 aromatic carbocycles. The van der Waals surface area contributed by atoms with E-state index in [2.05, 4.69) is 56.5 Å². The van der Waals surface area contributed by atoms with Crippen LogP contribution < -0.4 is 20.1 Å². The number of aryl methyl sites for hydroxylation is 2. The largest absolute Gasteiger partial charge is 0.493 e. The van der Waals surface area contributed by atoms with Gasteiger partial charge in [0.25, 0.3) is 0 Å². The Morgan fingerprint density at radius 3 is 2.41 bits per heavy atom. The number of carbonyl (C=O) groups excluding carboxylic acids is 2. The molecule has 0 fully saturated rings. The van der Waals surface area contributed by atoms with Gasteiger partial charge in [0.2, 0.25) is 0 Å². The van der Waals surface area contributed by atoms with Crippen LogP contribution in [0.3, 0.4) is 0 Å². The molecular formula is C26H30N2O4. The zero-order chi connectivity index (χ0) is 23.2. The summed E-state index contributed by atoms with van der Waals surface area (Å²) in [6.45, 7) is 9.68. The number of fused-ring (bicyclic) bond motifs is 2. The lowest BCUT2D eigenvalue weighted by Crippen LogP contribution is -2.36. The highest BCUT2D eigenvalue weighted by molar-refractivity contribution is 5.90. The van der Waals surface area contributed by atoms with Crippen LogP contribution in [-0.2, 0) is 9.59 Å². The van der Waals surface area contributed by atoms with Crippen LogP contribution in [0.4, 0.5) is 11.4 Å². The second-order valence-electron chi connectivity index (χ2n) is 9.44. The van der Waals surface area contributed by atoms with Crippen LogP contribution in [0.25, 0.3) is 0 Å². The van der Waals surface area contributed by atoms with Crippen LogP contribution >= 0.6 is 0 Å². The summed E-state index contributed by atoms with van der Waals surface area (Å²) in [6.07, 6.45) is 2.65. The fourth-order valence-electron chi connectivity index (χ4n) is 4.61. The highest BCUT2D eigenvalue weighted by Crippen LogP contribution is 2.46. The summed E-state index contributed by atoms with van der Waals surface area (Å²) >= 11 is 0. The molecule has 1 aliphatic heterocycles. The minimum absolute atomic E-state index is 0.182. The van der Waals surface area contributed by atoms with E-state index in [1.165, 1.54) is 25.2 Å². The molecule has 2 aliphatic rings. The van der Waals surface area contributed by atoms with Crippen molar-refractivity contribution in [3.63, 3.8) is 0 Å². The van der Waals surface area contributed by atoms with Crippen molar-refractivity contribution in [1.29, 1.82) is 0 Å². The van der Waals surface area contributed by atoms with Crippen LogP contribution in [0, 0.1) is 25.2 Å². The van der Waals surface area contributed by atoms with E-state index >= 15 is 0 Å². The van der Waals surface area contributed by atoms with Crippen molar-refractivity contribution in [2.24, 2.45) is 11.3 Å². The van der Waals surface area contributed by atoms with Gasteiger partial charge in [-0.3, -0.25) is 9.59 Å². The number of anilines is 2. The molecular weight excluding hydrogens is 404 g/mol. The number of ketones is 1. The third-order valence-electron chi connectivity index (χ3n) is 6.22. The van der Waals surface area contributed by atoms with Gasteiger partial charge in [-0.15, -0.1) is 0 Å². The van der Waals surface area contributed by atoms with Crippen molar-refractivity contribution in [3.05, 3.63) is 58.8 Å². The Labute approximate surface area is 189 Å². The molecule has 0 spiro atoms. The number of benzene rings is 2. The summed E-state index contributed by atoms with van der Waals surface area (Å²) in [5.74, 6) is 0.199. The molecule has 1 heterocycles. The molecule has 32 heavy (non-hydrogen) atoms. The maximum Gasteiger partial charge on any atom is 0.308 e. The Kier molecular flexibility index (Phi) is 5.49. The minimum Gasteiger partial charge on any atom is -0.493 e. The number of nitrogens with one attached hydrogen (secondary N) is 2. The first-order valence-corrected chi connectivity index (χ1v) is 10.8. The average Bonchev–Trinajstić information content (AvgIpc) is 2.84. The third-order valence-corrected chi connectivity index (χ3v) is 6.22. The van der Waals surface area contributed by atoms with Gasteiger partial charge in [0, 0.05) is 19.0 Å². The van der Waals surface area contributed by atoms with E-state index in [1.807, 2.05) is 12.1 Å². The second-order valence-corrected chi connectivity index (χ2v) is 9.44. The van der Waals surface area contributed by atoms with Gasteiger partial charge in [0.15, 0.2) is 11.5 Å². The molecule has 6 nitrogen and oxygen atoms in total. The lowest BCUT2D eigenvalue weighted by molar-refractivity contribution is -0.132. The summed E-state index contributed by atoms with van der Waals surface area (Å²) in [5, 5.41) is 7.18. The number of esters is 1. The number of carbonyl (C=O) groups is 2. The van der Waals surface area contributed by atoms with E-state index in [4.69, 9.17) is 9.47 Å². The summed E-state index contributed by atoms with van der Waals surface area (Å²) in [5.41, 5.74) is 5.83. The van der Waals surface area contributed by atoms with Crippen LogP contribution in [0.1, 0.15) is 49.9 Å². The SMILES string of the molecule is COc1cc(C2Nc3cc(C)c(C)cc3NC3=CC(C)(C)CC(=O)C32)ccc1OC(C)=O. The predicted molar refractivity (Wildman–Crippen MR) is 125 cm³/mol. The van der Waals surface area contributed by atoms with Crippen LogP contribution in [0.2, 0.25) is 0 Å². The van der Waals surface area contributed by atoms with Crippen molar-refractivity contribution in [1.82, 2.24) is 0 Å². The van der Waals surface area contributed by atoms with E-state index in [0.717, 1.165) is 22.6 Å². The summed E-state index contributed by atoms with van der Waals surface area (Å²) in [7, 11) is 1.54. The highest BCUT2D eigenvalue weighted by Gasteiger charge is 2.42. The van der Waals surface area contributed by atoms with E-state index in [0.29, 0.717) is 17.9 Å². The predicted octanol–water partition coefficient (Wildman–Crippen LogP) is 5.32. The van der Waals surface area contributed by atoms with Crippen LogP contribution in [-0.4, -0.2) is 18.9 Å². The molecule has 2 N–H and O–H groups in total. The standard InChI is InChI=1S/C26H30N2O4/c1-14-9-18-19(10-15(14)2)28-25(24-20(27-18)12-26(4,5)13-21(24)30)17-7-8-22(32-16(3)29)23(11-17)31-6/h7-12,24-25,27-28H,13H2,1-6H3. The molecule has 0 saturated heterocycles. The summed E-state index contributed by atoms with van der Waals surface area (Å²) < 4.78 is 10.8. The maximum atomic E-state index is 13.4. The maximum absolute atomic E-state index is 13.4. The third kappa shape index (κ3) is 4.09. The zero-order valence-corrected chi connectivity index (χ0v) is 19.5. The van der Waals surface area contributed by atoms with Crippen molar-refractivity contribution in [3.8, 4) is 11.5 Å². The molecule has 0 bridgehead atoms. The Morgan fingerprint density at radius 2 is 1.75 bits per heavy atom. The number of hydrogen-bond donors (Lipinski definition) is 2. The first kappa shape index (κ1) is 21.9. The lowest BCUT2D eigenvalue weighted by Gasteiger charge is -2.35. The van der Waals surface area contributed by atoms with Gasteiger partial charge in [-0.1, -0.05) is 26.0 Å². The Hall–Kier alpha value is -3.28. The van der Waals surface area contributed by atoms with Gasteiger partial charge in [-0.25, -0.2) is 0 Å². The number of rotatable bonds is 3. The molecule has 1 aliphatic carbocycles. The van der Waals surface area contributed by atoms with Crippen LogP contribution in [0.5, 0.6) is 11.5 Å². The molecule has 168 valence electrons.